The fourth-order valence-electron chi connectivity index (χ4n) is 3.75. The zero-order chi connectivity index (χ0) is 26.1. The minimum atomic E-state index is -0.791. The number of thiazole rings is 1. The quantitative estimate of drug-likeness (QED) is 0.378. The lowest BCUT2D eigenvalue weighted by atomic mass is 10.2. The highest BCUT2D eigenvalue weighted by molar-refractivity contribution is 7.15. The molecule has 5 rings (SSSR count). The number of rotatable bonds is 6. The molecule has 0 bridgehead atoms. The van der Waals surface area contributed by atoms with Crippen molar-refractivity contribution < 1.29 is 27.4 Å². The molecule has 1 saturated heterocycles. The van der Waals surface area contributed by atoms with Crippen LogP contribution in [0.1, 0.15) is 21.1 Å². The summed E-state index contributed by atoms with van der Waals surface area (Å²) in [5.74, 6) is -2.75. The standard InChI is InChI=1S/C24H20F3N5O4S/c1-14-23(37-21(29-14)22(33)30-7-9-35-10-8-30)36-20-6-5-15(11-19(20)27)32-24(34)31(13-28-32)12-16-17(25)3-2-4-18(16)26/h2-6,11,13H,7-10,12H2,1H3. The van der Waals surface area contributed by atoms with Crippen LogP contribution >= 0.6 is 11.3 Å². The number of ether oxygens (including phenoxy) is 2. The third kappa shape index (κ3) is 5.00. The number of aryl methyl sites for hydroxylation is 1. The molecule has 0 saturated carbocycles. The van der Waals surface area contributed by atoms with Gasteiger partial charge in [0.2, 0.25) is 5.06 Å². The van der Waals surface area contributed by atoms with Crippen LogP contribution in [0.2, 0.25) is 0 Å². The number of hydrogen-bond acceptors (Lipinski definition) is 7. The Morgan fingerprint density at radius 1 is 1.11 bits per heavy atom. The second kappa shape index (κ2) is 10.2. The summed E-state index contributed by atoms with van der Waals surface area (Å²) in [5.41, 5.74) is -0.474. The third-order valence-electron chi connectivity index (χ3n) is 5.72. The number of morpholine rings is 1. The molecule has 0 unspecified atom stereocenters. The maximum Gasteiger partial charge on any atom is 0.350 e. The summed E-state index contributed by atoms with van der Waals surface area (Å²) in [6.45, 7) is 3.12. The van der Waals surface area contributed by atoms with Crippen molar-refractivity contribution in [2.24, 2.45) is 0 Å². The molecule has 0 aliphatic carbocycles. The molecule has 0 atom stereocenters. The van der Waals surface area contributed by atoms with Gasteiger partial charge < -0.3 is 14.4 Å². The van der Waals surface area contributed by atoms with Crippen molar-refractivity contribution in [3.63, 3.8) is 0 Å². The van der Waals surface area contributed by atoms with Crippen LogP contribution in [0.15, 0.2) is 47.5 Å². The molecule has 9 nitrogen and oxygen atoms in total. The molecule has 1 aliphatic heterocycles. The Hall–Kier alpha value is -3.97. The first kappa shape index (κ1) is 24.7. The normalized spacial score (nSPS) is 13.7. The molecule has 37 heavy (non-hydrogen) atoms. The lowest BCUT2D eigenvalue weighted by Crippen LogP contribution is -2.40. The SMILES string of the molecule is Cc1nc(C(=O)N2CCOCC2)sc1Oc1ccc(-n2ncn(Cc3c(F)cccc3F)c2=O)cc1F. The minimum Gasteiger partial charge on any atom is -0.442 e. The van der Waals surface area contributed by atoms with Crippen molar-refractivity contribution in [2.45, 2.75) is 13.5 Å². The molecule has 0 spiro atoms. The van der Waals surface area contributed by atoms with E-state index in [1.54, 1.807) is 11.8 Å². The lowest BCUT2D eigenvalue weighted by molar-refractivity contribution is 0.0302. The smallest absolute Gasteiger partial charge is 0.350 e. The van der Waals surface area contributed by atoms with Crippen molar-refractivity contribution >= 4 is 17.2 Å². The van der Waals surface area contributed by atoms with Gasteiger partial charge in [-0.05, 0) is 31.2 Å². The summed E-state index contributed by atoms with van der Waals surface area (Å²) < 4.78 is 55.7. The number of hydrogen-bond donors (Lipinski definition) is 0. The van der Waals surface area contributed by atoms with Crippen molar-refractivity contribution in [1.82, 2.24) is 24.2 Å². The van der Waals surface area contributed by atoms with E-state index in [0.29, 0.717) is 32.0 Å². The maximum atomic E-state index is 14.9. The van der Waals surface area contributed by atoms with E-state index in [4.69, 9.17) is 9.47 Å². The molecule has 192 valence electrons. The van der Waals surface area contributed by atoms with Gasteiger partial charge in [0.15, 0.2) is 16.6 Å². The second-order valence-corrected chi connectivity index (χ2v) is 9.13. The van der Waals surface area contributed by atoms with Crippen molar-refractivity contribution in [2.75, 3.05) is 26.3 Å². The van der Waals surface area contributed by atoms with E-state index < -0.39 is 23.1 Å². The first-order chi connectivity index (χ1) is 17.8. The topological polar surface area (TPSA) is 91.5 Å². The summed E-state index contributed by atoms with van der Waals surface area (Å²) in [4.78, 5) is 31.3. The number of aromatic nitrogens is 4. The van der Waals surface area contributed by atoms with Gasteiger partial charge in [0.1, 0.15) is 18.0 Å². The number of benzene rings is 2. The van der Waals surface area contributed by atoms with E-state index in [0.717, 1.165) is 45.1 Å². The van der Waals surface area contributed by atoms with Crippen LogP contribution in [-0.2, 0) is 11.3 Å². The zero-order valence-corrected chi connectivity index (χ0v) is 20.3. The first-order valence-corrected chi connectivity index (χ1v) is 12.0. The molecule has 1 aliphatic rings. The predicted molar refractivity (Wildman–Crippen MR) is 127 cm³/mol. The van der Waals surface area contributed by atoms with E-state index >= 15 is 0 Å². The van der Waals surface area contributed by atoms with Gasteiger partial charge in [0, 0.05) is 24.7 Å². The van der Waals surface area contributed by atoms with Gasteiger partial charge >= 0.3 is 5.69 Å². The van der Waals surface area contributed by atoms with Gasteiger partial charge in [-0.15, -0.1) is 0 Å². The fourth-order valence-corrected chi connectivity index (χ4v) is 4.65. The highest BCUT2D eigenvalue weighted by atomic mass is 32.1. The predicted octanol–water partition coefficient (Wildman–Crippen LogP) is 3.53. The molecule has 1 fully saturated rings. The van der Waals surface area contributed by atoms with Crippen molar-refractivity contribution in [1.29, 1.82) is 0 Å². The molecule has 2 aromatic heterocycles. The van der Waals surface area contributed by atoms with Crippen molar-refractivity contribution in [3.8, 4) is 16.5 Å². The summed E-state index contributed by atoms with van der Waals surface area (Å²) in [7, 11) is 0. The average molecular weight is 532 g/mol. The van der Waals surface area contributed by atoms with Crippen LogP contribution in [0.4, 0.5) is 13.2 Å². The Balaban J connectivity index is 1.34. The number of amides is 1. The van der Waals surface area contributed by atoms with E-state index in [-0.39, 0.29) is 39.5 Å². The van der Waals surface area contributed by atoms with Gasteiger partial charge in [0.25, 0.3) is 5.91 Å². The molecule has 2 aromatic carbocycles. The van der Waals surface area contributed by atoms with Gasteiger partial charge in [-0.1, -0.05) is 17.4 Å². The van der Waals surface area contributed by atoms with E-state index in [9.17, 15) is 22.8 Å². The average Bonchev–Trinajstić information content (AvgIpc) is 3.44. The first-order valence-electron chi connectivity index (χ1n) is 11.2. The molecule has 4 aromatic rings. The molecule has 0 radical (unpaired) electrons. The Morgan fingerprint density at radius 3 is 2.54 bits per heavy atom. The summed E-state index contributed by atoms with van der Waals surface area (Å²) in [6, 6.07) is 7.19. The lowest BCUT2D eigenvalue weighted by Gasteiger charge is -2.25. The maximum absolute atomic E-state index is 14.9. The highest BCUT2D eigenvalue weighted by Crippen LogP contribution is 2.34. The number of nitrogens with zero attached hydrogens (tertiary/aromatic N) is 5. The van der Waals surface area contributed by atoms with Crippen molar-refractivity contribution in [3.05, 3.63) is 86.9 Å². The number of carbonyl (C=O) groups is 1. The second-order valence-electron chi connectivity index (χ2n) is 8.17. The van der Waals surface area contributed by atoms with Crippen LogP contribution in [0, 0.1) is 24.4 Å². The Morgan fingerprint density at radius 2 is 1.84 bits per heavy atom. The van der Waals surface area contributed by atoms with Crippen LogP contribution in [0.25, 0.3) is 5.69 Å². The van der Waals surface area contributed by atoms with Gasteiger partial charge in [0.05, 0.1) is 31.1 Å². The molecule has 13 heteroatoms. The zero-order valence-electron chi connectivity index (χ0n) is 19.5. The van der Waals surface area contributed by atoms with Crippen LogP contribution in [-0.4, -0.2) is 56.4 Å². The van der Waals surface area contributed by atoms with Gasteiger partial charge in [-0.3, -0.25) is 9.36 Å². The summed E-state index contributed by atoms with van der Waals surface area (Å²) >= 11 is 1.01. The van der Waals surface area contributed by atoms with E-state index in [2.05, 4.69) is 10.1 Å². The molecule has 3 heterocycles. The number of carbonyl (C=O) groups excluding carboxylic acids is 1. The number of halogens is 3. The minimum absolute atomic E-state index is 0.0896. The fraction of sp³-hybridized carbons (Fsp3) is 0.250. The summed E-state index contributed by atoms with van der Waals surface area (Å²) in [6.07, 6.45) is 1.12. The van der Waals surface area contributed by atoms with Gasteiger partial charge in [-0.2, -0.15) is 9.78 Å². The molecule has 0 N–H and O–H groups in total. The Labute approximate surface area is 212 Å². The van der Waals surface area contributed by atoms with Crippen LogP contribution in [0.3, 0.4) is 0 Å². The monoisotopic (exact) mass is 531 g/mol. The Bertz CT molecular complexity index is 1510. The highest BCUT2D eigenvalue weighted by Gasteiger charge is 2.24. The van der Waals surface area contributed by atoms with E-state index in [1.807, 2.05) is 0 Å². The van der Waals surface area contributed by atoms with Crippen LogP contribution < -0.4 is 10.4 Å². The largest absolute Gasteiger partial charge is 0.442 e. The van der Waals surface area contributed by atoms with Crippen LogP contribution in [0.5, 0.6) is 10.8 Å². The van der Waals surface area contributed by atoms with Gasteiger partial charge in [-0.25, -0.2) is 22.9 Å². The molecular formula is C24H20F3N5O4S. The third-order valence-corrected chi connectivity index (χ3v) is 6.74. The Kier molecular flexibility index (Phi) is 6.80. The molecular weight excluding hydrogens is 511 g/mol. The molecule has 1 amide bonds. The summed E-state index contributed by atoms with van der Waals surface area (Å²) in [5, 5.41) is 4.43. The van der Waals surface area contributed by atoms with E-state index in [1.165, 1.54) is 18.2 Å².